The summed E-state index contributed by atoms with van der Waals surface area (Å²) in [6.07, 6.45) is 24.5. The van der Waals surface area contributed by atoms with Crippen LogP contribution >= 0.6 is 0 Å². The first-order chi connectivity index (χ1) is 24.6. The smallest absolute Gasteiger partial charge is 0.397 e. The van der Waals surface area contributed by atoms with Gasteiger partial charge in [-0.1, -0.05) is 114 Å². The van der Waals surface area contributed by atoms with E-state index < -0.39 is 59.8 Å². The summed E-state index contributed by atoms with van der Waals surface area (Å²) in [7, 11) is -5.06. The van der Waals surface area contributed by atoms with E-state index in [1.165, 1.54) is 38.5 Å². The highest BCUT2D eigenvalue weighted by Crippen LogP contribution is 2.26. The first-order valence-corrected chi connectivity index (χ1v) is 20.3. The van der Waals surface area contributed by atoms with E-state index in [1.54, 1.807) is 0 Å². The van der Waals surface area contributed by atoms with Gasteiger partial charge in [-0.3, -0.25) is 9.35 Å². The molecule has 1 aliphatic heterocycles. The quantitative estimate of drug-likeness (QED) is 0.0264. The predicted molar refractivity (Wildman–Crippen MR) is 197 cm³/mol. The van der Waals surface area contributed by atoms with Crippen molar-refractivity contribution in [3.63, 3.8) is 0 Å². The van der Waals surface area contributed by atoms with Crippen molar-refractivity contribution < 1.29 is 56.2 Å². The third-order valence-electron chi connectivity index (χ3n) is 8.22. The Kier molecular flexibility index (Phi) is 28.2. The van der Waals surface area contributed by atoms with Gasteiger partial charge in [-0.2, -0.15) is 8.42 Å². The number of aliphatic hydroxyl groups excluding tert-OH is 3. The third kappa shape index (κ3) is 24.8. The molecule has 51 heavy (non-hydrogen) atoms. The van der Waals surface area contributed by atoms with Gasteiger partial charge < -0.3 is 34.3 Å². The molecule has 0 aromatic heterocycles. The molecule has 1 aliphatic rings. The lowest BCUT2D eigenvalue weighted by molar-refractivity contribution is -0.301. The molecule has 0 aromatic rings. The van der Waals surface area contributed by atoms with E-state index in [4.69, 9.17) is 23.5 Å². The molecule has 1 fully saturated rings. The van der Waals surface area contributed by atoms with Gasteiger partial charge >= 0.3 is 16.4 Å². The van der Waals surface area contributed by atoms with Gasteiger partial charge in [-0.25, -0.2) is 4.18 Å². The first kappa shape index (κ1) is 47.1. The van der Waals surface area contributed by atoms with Gasteiger partial charge in [0, 0.05) is 13.0 Å². The van der Waals surface area contributed by atoms with Crippen molar-refractivity contribution in [1.29, 1.82) is 0 Å². The zero-order chi connectivity index (χ0) is 37.6. The number of aliphatic hydroxyl groups is 3. The van der Waals surface area contributed by atoms with Crippen molar-refractivity contribution >= 4 is 16.4 Å². The zero-order valence-corrected chi connectivity index (χ0v) is 31.7. The molecule has 0 amide bonds. The van der Waals surface area contributed by atoms with E-state index in [0.29, 0.717) is 13.0 Å². The van der Waals surface area contributed by atoms with Crippen molar-refractivity contribution in [1.82, 2.24) is 0 Å². The maximum Gasteiger partial charge on any atom is 0.397 e. The van der Waals surface area contributed by atoms with Gasteiger partial charge in [0.2, 0.25) is 0 Å². The summed E-state index contributed by atoms with van der Waals surface area (Å²) in [5, 5.41) is 30.5. The molecule has 6 unspecified atom stereocenters. The molecule has 4 N–H and O–H groups in total. The Morgan fingerprint density at radius 1 is 0.765 bits per heavy atom. The Hall–Kier alpha value is -1.94. The van der Waals surface area contributed by atoms with Crippen molar-refractivity contribution in [2.24, 2.45) is 0 Å². The van der Waals surface area contributed by atoms with E-state index in [9.17, 15) is 28.5 Å². The number of carbonyl (C=O) groups excluding carboxylic acids is 1. The third-order valence-corrected chi connectivity index (χ3v) is 8.68. The fraction of sp³-hybridized carbons (Fsp3) is 0.763. The van der Waals surface area contributed by atoms with Gasteiger partial charge in [0.15, 0.2) is 6.29 Å². The molecule has 0 bridgehead atoms. The van der Waals surface area contributed by atoms with Crippen LogP contribution in [0.3, 0.4) is 0 Å². The number of hydrogen-bond acceptors (Lipinski definition) is 11. The Labute approximate surface area is 306 Å². The Bertz CT molecular complexity index is 1090. The van der Waals surface area contributed by atoms with Gasteiger partial charge in [0.25, 0.3) is 0 Å². The summed E-state index contributed by atoms with van der Waals surface area (Å²) in [6.45, 7) is 3.76. The molecule has 0 aliphatic carbocycles. The van der Waals surface area contributed by atoms with Crippen LogP contribution in [0.4, 0.5) is 0 Å². The highest BCUT2D eigenvalue weighted by Gasteiger charge is 2.48. The SMILES string of the molecule is CC/C=C\C/C=C\C/C=C\C/C=C\CCCCC(=O)OC(COCCCCCCCCCCC)COC1OC(CO)C(O)C(OS(=O)(=O)O)C1O. The van der Waals surface area contributed by atoms with Crippen LogP contribution in [0, 0.1) is 0 Å². The van der Waals surface area contributed by atoms with Gasteiger partial charge in [-0.05, 0) is 51.4 Å². The van der Waals surface area contributed by atoms with Crippen LogP contribution in [0.25, 0.3) is 0 Å². The molecule has 1 saturated heterocycles. The van der Waals surface area contributed by atoms with Crippen LogP contribution in [0.1, 0.15) is 123 Å². The minimum atomic E-state index is -5.06. The minimum Gasteiger partial charge on any atom is -0.457 e. The van der Waals surface area contributed by atoms with Crippen LogP contribution in [0.2, 0.25) is 0 Å². The van der Waals surface area contributed by atoms with E-state index in [-0.39, 0.29) is 19.6 Å². The van der Waals surface area contributed by atoms with Crippen LogP contribution in [-0.2, 0) is 38.3 Å². The highest BCUT2D eigenvalue weighted by atomic mass is 32.3. The Morgan fingerprint density at radius 3 is 1.94 bits per heavy atom. The zero-order valence-electron chi connectivity index (χ0n) is 30.9. The lowest BCUT2D eigenvalue weighted by Gasteiger charge is -2.41. The molecule has 0 aromatic carbocycles. The maximum atomic E-state index is 12.7. The average molecular weight is 747 g/mol. The molecule has 1 heterocycles. The van der Waals surface area contributed by atoms with Crippen molar-refractivity contribution in [3.05, 3.63) is 48.6 Å². The fourth-order valence-corrected chi connectivity index (χ4v) is 5.88. The molecule has 12 nitrogen and oxygen atoms in total. The number of carbonyl (C=O) groups is 1. The Balaban J connectivity index is 2.55. The van der Waals surface area contributed by atoms with E-state index in [2.05, 4.69) is 66.6 Å². The maximum absolute atomic E-state index is 12.7. The lowest BCUT2D eigenvalue weighted by Crippen LogP contribution is -2.60. The van der Waals surface area contributed by atoms with Crippen LogP contribution < -0.4 is 0 Å². The van der Waals surface area contributed by atoms with Crippen LogP contribution in [0.15, 0.2) is 48.6 Å². The van der Waals surface area contributed by atoms with Crippen molar-refractivity contribution in [2.45, 2.75) is 160 Å². The Morgan fingerprint density at radius 2 is 1.35 bits per heavy atom. The topological polar surface area (TPSA) is 178 Å². The number of unbranched alkanes of at least 4 members (excludes halogenated alkanes) is 10. The average Bonchev–Trinajstić information content (AvgIpc) is 3.09. The number of rotatable bonds is 31. The first-order valence-electron chi connectivity index (χ1n) is 18.9. The van der Waals surface area contributed by atoms with Crippen LogP contribution in [-0.4, -0.2) is 97.5 Å². The number of esters is 1. The standard InChI is InChI=1S/C38H66O12S/c1-3-5-7-9-11-13-14-15-16-17-18-19-21-23-25-27-34(40)48-32(30-46-28-26-24-22-20-12-10-8-6-4-2)31-47-38-36(42)37(50-51(43,44)45)35(41)33(29-39)49-38/h5,7,11,13,15-16,18-19,32-33,35-39,41-42H,3-4,6,8-10,12,14,17,20-31H2,1-2H3,(H,43,44,45)/b7-5-,13-11-,16-15-,19-18-. The molecule has 0 radical (unpaired) electrons. The highest BCUT2D eigenvalue weighted by molar-refractivity contribution is 7.80. The molecule has 13 heteroatoms. The second kappa shape index (κ2) is 30.5. The molecular formula is C38H66O12S. The molecule has 0 saturated carbocycles. The number of hydrogen-bond donors (Lipinski definition) is 4. The lowest BCUT2D eigenvalue weighted by atomic mass is 9.99. The summed E-state index contributed by atoms with van der Waals surface area (Å²) in [4.78, 5) is 12.7. The largest absolute Gasteiger partial charge is 0.457 e. The van der Waals surface area contributed by atoms with E-state index >= 15 is 0 Å². The van der Waals surface area contributed by atoms with Crippen molar-refractivity contribution in [2.75, 3.05) is 26.4 Å². The summed E-state index contributed by atoms with van der Waals surface area (Å²) in [6, 6.07) is 0. The van der Waals surface area contributed by atoms with Gasteiger partial charge in [0.1, 0.15) is 30.5 Å². The molecule has 1 rings (SSSR count). The second-order valence-corrected chi connectivity index (χ2v) is 13.8. The number of ether oxygens (including phenoxy) is 4. The van der Waals surface area contributed by atoms with Gasteiger partial charge in [-0.15, -0.1) is 0 Å². The number of allylic oxidation sites excluding steroid dienone is 8. The summed E-state index contributed by atoms with van der Waals surface area (Å²) in [5.74, 6) is -0.443. The molecule has 6 atom stereocenters. The van der Waals surface area contributed by atoms with Gasteiger partial charge in [0.05, 0.1) is 19.8 Å². The second-order valence-electron chi connectivity index (χ2n) is 12.8. The molecule has 296 valence electrons. The van der Waals surface area contributed by atoms with Crippen LogP contribution in [0.5, 0.6) is 0 Å². The summed E-state index contributed by atoms with van der Waals surface area (Å²) >= 11 is 0. The summed E-state index contributed by atoms with van der Waals surface area (Å²) < 4.78 is 58.6. The normalized spacial score (nSPS) is 22.2. The van der Waals surface area contributed by atoms with E-state index in [1.807, 2.05) is 0 Å². The monoisotopic (exact) mass is 746 g/mol. The minimum absolute atomic E-state index is 0.0184. The molecular weight excluding hydrogens is 680 g/mol. The fourth-order valence-electron chi connectivity index (χ4n) is 5.37. The molecule has 0 spiro atoms. The van der Waals surface area contributed by atoms with Crippen molar-refractivity contribution in [3.8, 4) is 0 Å². The van der Waals surface area contributed by atoms with E-state index in [0.717, 1.165) is 57.8 Å². The predicted octanol–water partition coefficient (Wildman–Crippen LogP) is 6.45. The summed E-state index contributed by atoms with van der Waals surface area (Å²) in [5.41, 5.74) is 0.